The maximum absolute atomic E-state index is 12.2. The number of rotatable bonds is 9. The van der Waals surface area contributed by atoms with Crippen LogP contribution in [0, 0.1) is 5.92 Å². The van der Waals surface area contributed by atoms with E-state index < -0.39 is 6.04 Å². The molecule has 7 heteroatoms. The molecule has 0 bridgehead atoms. The van der Waals surface area contributed by atoms with E-state index in [-0.39, 0.29) is 30.1 Å². The lowest BCUT2D eigenvalue weighted by atomic mass is 10.0. The van der Waals surface area contributed by atoms with Crippen LogP contribution in [0.4, 0.5) is 0 Å². The molecule has 1 heterocycles. The molecule has 1 aromatic rings. The van der Waals surface area contributed by atoms with E-state index in [1.807, 2.05) is 19.2 Å². The highest BCUT2D eigenvalue weighted by atomic mass is 32.1. The van der Waals surface area contributed by atoms with Gasteiger partial charge in [-0.3, -0.25) is 14.4 Å². The SMILES string of the molecule is CCOC(=O)CCCNC(=O)C(NC(=O)c1cccs1)C(C)C. The number of nitrogens with one attached hydrogen (secondary N) is 2. The Morgan fingerprint density at radius 3 is 2.61 bits per heavy atom. The van der Waals surface area contributed by atoms with Crippen LogP contribution in [0.5, 0.6) is 0 Å². The van der Waals surface area contributed by atoms with Crippen molar-refractivity contribution in [2.75, 3.05) is 13.2 Å². The van der Waals surface area contributed by atoms with Crippen LogP contribution < -0.4 is 10.6 Å². The molecule has 6 nitrogen and oxygen atoms in total. The molecule has 0 saturated carbocycles. The van der Waals surface area contributed by atoms with Gasteiger partial charge in [0.25, 0.3) is 5.91 Å². The summed E-state index contributed by atoms with van der Waals surface area (Å²) in [6.07, 6.45) is 0.774. The average molecular weight is 340 g/mol. The largest absolute Gasteiger partial charge is 0.466 e. The predicted octanol–water partition coefficient (Wildman–Crippen LogP) is 1.96. The fraction of sp³-hybridized carbons (Fsp3) is 0.562. The summed E-state index contributed by atoms with van der Waals surface area (Å²) in [5.41, 5.74) is 0. The van der Waals surface area contributed by atoms with Gasteiger partial charge in [0.15, 0.2) is 0 Å². The number of esters is 1. The van der Waals surface area contributed by atoms with Crippen LogP contribution in [0.3, 0.4) is 0 Å². The Kier molecular flexibility index (Phi) is 8.32. The molecule has 0 saturated heterocycles. The molecule has 0 spiro atoms. The normalized spacial score (nSPS) is 11.8. The van der Waals surface area contributed by atoms with Crippen molar-refractivity contribution in [1.82, 2.24) is 10.6 Å². The second-order valence-electron chi connectivity index (χ2n) is 5.37. The second kappa shape index (κ2) is 9.99. The second-order valence-corrected chi connectivity index (χ2v) is 6.32. The number of amides is 2. The Morgan fingerprint density at radius 1 is 1.30 bits per heavy atom. The van der Waals surface area contributed by atoms with E-state index in [2.05, 4.69) is 10.6 Å². The molecule has 128 valence electrons. The zero-order chi connectivity index (χ0) is 17.2. The number of hydrogen-bond acceptors (Lipinski definition) is 5. The summed E-state index contributed by atoms with van der Waals surface area (Å²) in [4.78, 5) is 36.1. The minimum absolute atomic E-state index is 0.0380. The zero-order valence-corrected chi connectivity index (χ0v) is 14.6. The Morgan fingerprint density at radius 2 is 2.04 bits per heavy atom. The smallest absolute Gasteiger partial charge is 0.305 e. The van der Waals surface area contributed by atoms with Crippen LogP contribution >= 0.6 is 11.3 Å². The van der Waals surface area contributed by atoms with Gasteiger partial charge in [-0.2, -0.15) is 0 Å². The molecule has 0 aliphatic carbocycles. The van der Waals surface area contributed by atoms with E-state index in [4.69, 9.17) is 4.74 Å². The first kappa shape index (κ1) is 19.2. The number of thiophene rings is 1. The molecule has 0 fully saturated rings. The minimum Gasteiger partial charge on any atom is -0.466 e. The first-order valence-electron chi connectivity index (χ1n) is 7.73. The van der Waals surface area contributed by atoms with Crippen molar-refractivity contribution in [1.29, 1.82) is 0 Å². The summed E-state index contributed by atoms with van der Waals surface area (Å²) >= 11 is 1.33. The van der Waals surface area contributed by atoms with Crippen LogP contribution in [0.1, 0.15) is 43.3 Å². The van der Waals surface area contributed by atoms with Gasteiger partial charge >= 0.3 is 5.97 Å². The maximum Gasteiger partial charge on any atom is 0.305 e. The van der Waals surface area contributed by atoms with E-state index in [9.17, 15) is 14.4 Å². The Hall–Kier alpha value is -1.89. The monoisotopic (exact) mass is 340 g/mol. The summed E-state index contributed by atoms with van der Waals surface area (Å²) in [5.74, 6) is -0.800. The van der Waals surface area contributed by atoms with Gasteiger partial charge in [-0.05, 0) is 30.7 Å². The van der Waals surface area contributed by atoms with Crippen LogP contribution in [0.15, 0.2) is 17.5 Å². The van der Waals surface area contributed by atoms with Crippen LogP contribution in [-0.2, 0) is 14.3 Å². The average Bonchev–Trinajstić information content (AvgIpc) is 3.03. The van der Waals surface area contributed by atoms with Crippen molar-refractivity contribution in [3.05, 3.63) is 22.4 Å². The van der Waals surface area contributed by atoms with Crippen LogP contribution in [0.25, 0.3) is 0 Å². The number of carbonyl (C=O) groups is 3. The van der Waals surface area contributed by atoms with Gasteiger partial charge in [-0.1, -0.05) is 19.9 Å². The number of hydrogen-bond donors (Lipinski definition) is 2. The lowest BCUT2D eigenvalue weighted by Crippen LogP contribution is -2.49. The third-order valence-electron chi connectivity index (χ3n) is 3.14. The highest BCUT2D eigenvalue weighted by Gasteiger charge is 2.24. The highest BCUT2D eigenvalue weighted by molar-refractivity contribution is 7.12. The summed E-state index contributed by atoms with van der Waals surface area (Å²) in [6.45, 7) is 6.23. The molecule has 2 amide bonds. The number of ether oxygens (including phenoxy) is 1. The Labute approximate surface area is 140 Å². The lowest BCUT2D eigenvalue weighted by molar-refractivity contribution is -0.143. The van der Waals surface area contributed by atoms with Gasteiger partial charge in [0, 0.05) is 13.0 Å². The maximum atomic E-state index is 12.2. The molecule has 0 radical (unpaired) electrons. The van der Waals surface area contributed by atoms with Gasteiger partial charge in [-0.15, -0.1) is 11.3 Å². The highest BCUT2D eigenvalue weighted by Crippen LogP contribution is 2.10. The van der Waals surface area contributed by atoms with Crippen molar-refractivity contribution < 1.29 is 19.1 Å². The van der Waals surface area contributed by atoms with Crippen molar-refractivity contribution in [3.63, 3.8) is 0 Å². The van der Waals surface area contributed by atoms with Crippen molar-refractivity contribution >= 4 is 29.1 Å². The molecule has 2 N–H and O–H groups in total. The lowest BCUT2D eigenvalue weighted by Gasteiger charge is -2.21. The fourth-order valence-corrected chi connectivity index (χ4v) is 2.57. The summed E-state index contributed by atoms with van der Waals surface area (Å²) in [7, 11) is 0. The quantitative estimate of drug-likeness (QED) is 0.532. The van der Waals surface area contributed by atoms with Crippen LogP contribution in [0.2, 0.25) is 0 Å². The molecule has 0 aliphatic rings. The van der Waals surface area contributed by atoms with Crippen molar-refractivity contribution in [3.8, 4) is 0 Å². The first-order valence-corrected chi connectivity index (χ1v) is 8.61. The van der Waals surface area contributed by atoms with Gasteiger partial charge in [-0.25, -0.2) is 0 Å². The zero-order valence-electron chi connectivity index (χ0n) is 13.8. The summed E-state index contributed by atoms with van der Waals surface area (Å²) < 4.78 is 4.82. The summed E-state index contributed by atoms with van der Waals surface area (Å²) in [5, 5.41) is 7.32. The van der Waals surface area contributed by atoms with Gasteiger partial charge in [0.2, 0.25) is 5.91 Å². The third-order valence-corrected chi connectivity index (χ3v) is 4.01. The van der Waals surface area contributed by atoms with Gasteiger partial charge in [0.1, 0.15) is 6.04 Å². The first-order chi connectivity index (χ1) is 11.0. The van der Waals surface area contributed by atoms with E-state index >= 15 is 0 Å². The van der Waals surface area contributed by atoms with E-state index in [1.54, 1.807) is 19.1 Å². The summed E-state index contributed by atoms with van der Waals surface area (Å²) in [6, 6.07) is 2.90. The Bertz CT molecular complexity index is 514. The topological polar surface area (TPSA) is 84.5 Å². The van der Waals surface area contributed by atoms with Gasteiger partial charge < -0.3 is 15.4 Å². The molecule has 1 atom stereocenters. The van der Waals surface area contributed by atoms with Crippen molar-refractivity contribution in [2.24, 2.45) is 5.92 Å². The van der Waals surface area contributed by atoms with Gasteiger partial charge in [0.05, 0.1) is 11.5 Å². The molecular weight excluding hydrogens is 316 g/mol. The van der Waals surface area contributed by atoms with Crippen molar-refractivity contribution in [2.45, 2.75) is 39.7 Å². The Balaban J connectivity index is 2.42. The molecule has 0 aromatic carbocycles. The number of carbonyl (C=O) groups excluding carboxylic acids is 3. The third kappa shape index (κ3) is 6.81. The van der Waals surface area contributed by atoms with Crippen LogP contribution in [-0.4, -0.2) is 37.0 Å². The fourth-order valence-electron chi connectivity index (χ4n) is 1.94. The van der Waals surface area contributed by atoms with E-state index in [1.165, 1.54) is 11.3 Å². The molecule has 23 heavy (non-hydrogen) atoms. The van der Waals surface area contributed by atoms with E-state index in [0.717, 1.165) is 0 Å². The molecule has 1 rings (SSSR count). The predicted molar refractivity (Wildman–Crippen MR) is 89.3 cm³/mol. The standard InChI is InChI=1S/C16H24N2O4S/c1-4-22-13(19)8-5-9-17-16(21)14(11(2)3)18-15(20)12-7-6-10-23-12/h6-7,10-11,14H,4-5,8-9H2,1-3H3,(H,17,21)(H,18,20). The molecular formula is C16H24N2O4S. The molecule has 0 aliphatic heterocycles. The minimum atomic E-state index is -0.604. The molecule has 1 aromatic heterocycles. The van der Waals surface area contributed by atoms with E-state index in [0.29, 0.717) is 24.4 Å². The molecule has 1 unspecified atom stereocenters.